The van der Waals surface area contributed by atoms with E-state index in [2.05, 4.69) is 0 Å². The van der Waals surface area contributed by atoms with Gasteiger partial charge < -0.3 is 9.84 Å². The number of aryl methyl sites for hydroxylation is 1. The molecule has 0 bridgehead atoms. The molecule has 1 N–H and O–H groups in total. The zero-order chi connectivity index (χ0) is 15.2. The van der Waals surface area contributed by atoms with Gasteiger partial charge in [0.05, 0.1) is 0 Å². The van der Waals surface area contributed by atoms with Crippen LogP contribution in [0.15, 0.2) is 54.6 Å². The first-order valence-corrected chi connectivity index (χ1v) is 6.35. The van der Waals surface area contributed by atoms with E-state index in [9.17, 15) is 9.59 Å². The number of carbonyl (C=O) groups excluding carboxylic acids is 1. The third kappa shape index (κ3) is 4.04. The highest BCUT2D eigenvalue weighted by Crippen LogP contribution is 2.20. The van der Waals surface area contributed by atoms with Crippen LogP contribution in [-0.4, -0.2) is 17.0 Å². The van der Waals surface area contributed by atoms with Crippen LogP contribution >= 0.6 is 0 Å². The fraction of sp³-hybridized carbons (Fsp3) is 0.0588. The van der Waals surface area contributed by atoms with E-state index < -0.39 is 11.9 Å². The number of aromatic carboxylic acids is 1. The highest BCUT2D eigenvalue weighted by atomic mass is 16.5. The topological polar surface area (TPSA) is 63.6 Å². The Kier molecular flexibility index (Phi) is 4.51. The summed E-state index contributed by atoms with van der Waals surface area (Å²) in [5.74, 6) is -1.71. The molecule has 106 valence electrons. The van der Waals surface area contributed by atoms with Crippen LogP contribution in [-0.2, 0) is 4.79 Å². The summed E-state index contributed by atoms with van der Waals surface area (Å²) in [6.45, 7) is 1.77. The Balaban J connectivity index is 2.13. The molecule has 0 unspecified atom stereocenters. The van der Waals surface area contributed by atoms with Gasteiger partial charge in [0.1, 0.15) is 11.3 Å². The fourth-order valence-electron chi connectivity index (χ4n) is 1.77. The Bertz CT molecular complexity index is 687. The van der Waals surface area contributed by atoms with Crippen molar-refractivity contribution in [1.29, 1.82) is 0 Å². The van der Waals surface area contributed by atoms with Gasteiger partial charge in [-0.1, -0.05) is 42.0 Å². The molecule has 0 atom stereocenters. The van der Waals surface area contributed by atoms with Crippen LogP contribution in [0.5, 0.6) is 5.75 Å². The second-order valence-corrected chi connectivity index (χ2v) is 4.47. The largest absolute Gasteiger partial charge is 0.478 e. The van der Waals surface area contributed by atoms with Gasteiger partial charge >= 0.3 is 11.9 Å². The van der Waals surface area contributed by atoms with E-state index in [-0.39, 0.29) is 11.3 Å². The second kappa shape index (κ2) is 6.52. The average Bonchev–Trinajstić information content (AvgIpc) is 2.48. The van der Waals surface area contributed by atoms with Gasteiger partial charge in [-0.15, -0.1) is 0 Å². The van der Waals surface area contributed by atoms with Crippen LogP contribution in [0, 0.1) is 6.92 Å². The van der Waals surface area contributed by atoms with Crippen molar-refractivity contribution in [3.63, 3.8) is 0 Å². The van der Waals surface area contributed by atoms with E-state index in [1.807, 2.05) is 30.3 Å². The number of hydrogen-bond donors (Lipinski definition) is 1. The molecule has 0 aromatic heterocycles. The van der Waals surface area contributed by atoms with Crippen molar-refractivity contribution in [3.05, 3.63) is 71.3 Å². The van der Waals surface area contributed by atoms with Crippen molar-refractivity contribution in [1.82, 2.24) is 0 Å². The lowest BCUT2D eigenvalue weighted by molar-refractivity contribution is -0.128. The van der Waals surface area contributed by atoms with E-state index in [0.717, 1.165) is 11.1 Å². The molecule has 0 aliphatic rings. The highest BCUT2D eigenvalue weighted by Gasteiger charge is 2.13. The zero-order valence-electron chi connectivity index (χ0n) is 11.4. The zero-order valence-corrected chi connectivity index (χ0v) is 11.4. The quantitative estimate of drug-likeness (QED) is 0.531. The van der Waals surface area contributed by atoms with Crippen molar-refractivity contribution in [2.45, 2.75) is 6.92 Å². The van der Waals surface area contributed by atoms with Crippen LogP contribution < -0.4 is 4.74 Å². The summed E-state index contributed by atoms with van der Waals surface area (Å²) < 4.78 is 5.08. The summed E-state index contributed by atoms with van der Waals surface area (Å²) in [6, 6.07) is 13.9. The molecule has 0 saturated heterocycles. The van der Waals surface area contributed by atoms with Gasteiger partial charge in [-0.05, 0) is 30.7 Å². The Morgan fingerprint density at radius 3 is 2.48 bits per heavy atom. The van der Waals surface area contributed by atoms with E-state index in [1.54, 1.807) is 19.1 Å². The summed E-state index contributed by atoms with van der Waals surface area (Å²) in [7, 11) is 0. The van der Waals surface area contributed by atoms with E-state index in [0.29, 0.717) is 0 Å². The summed E-state index contributed by atoms with van der Waals surface area (Å²) in [5.41, 5.74) is 1.61. The molecule has 0 saturated carbocycles. The van der Waals surface area contributed by atoms with Crippen molar-refractivity contribution in [2.75, 3.05) is 0 Å². The molecule has 0 aliphatic heterocycles. The number of ether oxygens (including phenoxy) is 1. The molecule has 0 amide bonds. The maximum absolute atomic E-state index is 11.7. The number of carbonyl (C=O) groups is 2. The number of carboxylic acid groups (broad SMARTS) is 1. The molecule has 2 aromatic rings. The minimum absolute atomic E-state index is 0.0311. The molecule has 0 spiro atoms. The van der Waals surface area contributed by atoms with Crippen LogP contribution in [0.4, 0.5) is 0 Å². The predicted octanol–water partition coefficient (Wildman–Crippen LogP) is 3.31. The molecule has 0 aliphatic carbocycles. The third-order valence-electron chi connectivity index (χ3n) is 2.79. The van der Waals surface area contributed by atoms with Crippen LogP contribution in [0.3, 0.4) is 0 Å². The molecule has 4 heteroatoms. The Labute approximate surface area is 122 Å². The van der Waals surface area contributed by atoms with Gasteiger partial charge in [0.2, 0.25) is 0 Å². The van der Waals surface area contributed by atoms with Crippen LogP contribution in [0.25, 0.3) is 6.08 Å². The summed E-state index contributed by atoms with van der Waals surface area (Å²) in [5, 5.41) is 9.10. The van der Waals surface area contributed by atoms with Gasteiger partial charge in [-0.2, -0.15) is 0 Å². The predicted molar refractivity (Wildman–Crippen MR) is 79.2 cm³/mol. The molecule has 21 heavy (non-hydrogen) atoms. The van der Waals surface area contributed by atoms with Crippen LogP contribution in [0.1, 0.15) is 21.5 Å². The molecule has 2 aromatic carbocycles. The van der Waals surface area contributed by atoms with Gasteiger partial charge in [-0.25, -0.2) is 9.59 Å². The van der Waals surface area contributed by atoms with Gasteiger partial charge in [0.25, 0.3) is 0 Å². The molecule has 0 heterocycles. The molecule has 0 fully saturated rings. The minimum atomic E-state index is -1.13. The number of rotatable bonds is 4. The summed E-state index contributed by atoms with van der Waals surface area (Å²) in [6.07, 6.45) is 2.87. The lowest BCUT2D eigenvalue weighted by Crippen LogP contribution is -2.08. The second-order valence-electron chi connectivity index (χ2n) is 4.47. The molecule has 2 rings (SSSR count). The first-order chi connectivity index (χ1) is 10.1. The Hall–Kier alpha value is -2.88. The lowest BCUT2D eigenvalue weighted by Gasteiger charge is -2.06. The van der Waals surface area contributed by atoms with E-state index in [1.165, 1.54) is 18.2 Å². The first-order valence-electron chi connectivity index (χ1n) is 6.35. The molecular weight excluding hydrogens is 268 g/mol. The monoisotopic (exact) mass is 282 g/mol. The standard InChI is InChI=1S/C17H14O4/c1-12-7-9-15(14(11-12)17(19)20)21-16(18)10-8-13-5-3-2-4-6-13/h2-11H,1H3,(H,19,20). The van der Waals surface area contributed by atoms with Gasteiger partial charge in [-0.3, -0.25) is 0 Å². The maximum atomic E-state index is 11.7. The lowest BCUT2D eigenvalue weighted by atomic mass is 10.1. The van der Waals surface area contributed by atoms with E-state index in [4.69, 9.17) is 9.84 Å². The maximum Gasteiger partial charge on any atom is 0.339 e. The first kappa shape index (κ1) is 14.5. The fourth-order valence-corrected chi connectivity index (χ4v) is 1.77. The average molecular weight is 282 g/mol. The Morgan fingerprint density at radius 1 is 1.10 bits per heavy atom. The van der Waals surface area contributed by atoms with Crippen molar-refractivity contribution in [2.24, 2.45) is 0 Å². The normalized spacial score (nSPS) is 10.5. The van der Waals surface area contributed by atoms with Crippen molar-refractivity contribution in [3.8, 4) is 5.75 Å². The van der Waals surface area contributed by atoms with Gasteiger partial charge in [0.15, 0.2) is 0 Å². The highest BCUT2D eigenvalue weighted by molar-refractivity contribution is 5.94. The molecule has 4 nitrogen and oxygen atoms in total. The van der Waals surface area contributed by atoms with Crippen molar-refractivity contribution >= 4 is 18.0 Å². The smallest absolute Gasteiger partial charge is 0.339 e. The summed E-state index contributed by atoms with van der Waals surface area (Å²) in [4.78, 5) is 22.9. The Morgan fingerprint density at radius 2 is 1.81 bits per heavy atom. The number of carboxylic acids is 1. The third-order valence-corrected chi connectivity index (χ3v) is 2.79. The number of esters is 1. The summed E-state index contributed by atoms with van der Waals surface area (Å²) >= 11 is 0. The number of hydrogen-bond acceptors (Lipinski definition) is 3. The van der Waals surface area contributed by atoms with E-state index >= 15 is 0 Å². The minimum Gasteiger partial charge on any atom is -0.478 e. The van der Waals surface area contributed by atoms with Gasteiger partial charge in [0, 0.05) is 6.08 Å². The SMILES string of the molecule is Cc1ccc(OC(=O)C=Cc2ccccc2)c(C(=O)O)c1. The number of benzene rings is 2. The molecular formula is C17H14O4. The molecule has 0 radical (unpaired) electrons. The van der Waals surface area contributed by atoms with Crippen LogP contribution in [0.2, 0.25) is 0 Å². The van der Waals surface area contributed by atoms with Crippen molar-refractivity contribution < 1.29 is 19.4 Å².